The van der Waals surface area contributed by atoms with Crippen LogP contribution in [0.4, 0.5) is 11.5 Å². The summed E-state index contributed by atoms with van der Waals surface area (Å²) in [6.45, 7) is 6.11. The highest BCUT2D eigenvalue weighted by Gasteiger charge is 2.31. The summed E-state index contributed by atoms with van der Waals surface area (Å²) in [6, 6.07) is 17.3. The Morgan fingerprint density at radius 2 is 1.70 bits per heavy atom. The van der Waals surface area contributed by atoms with Crippen molar-refractivity contribution in [2.24, 2.45) is 0 Å². The quantitative estimate of drug-likeness (QED) is 0.533. The number of piperazine rings is 1. The summed E-state index contributed by atoms with van der Waals surface area (Å²) < 4.78 is 28.1. The van der Waals surface area contributed by atoms with E-state index in [1.165, 1.54) is 0 Å². The van der Waals surface area contributed by atoms with E-state index in [9.17, 15) is 8.42 Å². The van der Waals surface area contributed by atoms with Crippen LogP contribution in [-0.2, 0) is 10.0 Å². The SMILES string of the molecule is C[C@@H]1CCCCN1S(=O)(=O)c1ccc2nc(N3CCN(c4cccc(Cl)c4)CC3)ccc2c1. The van der Waals surface area contributed by atoms with Crippen molar-refractivity contribution in [3.63, 3.8) is 0 Å². The van der Waals surface area contributed by atoms with Gasteiger partial charge in [0.2, 0.25) is 10.0 Å². The van der Waals surface area contributed by atoms with Crippen LogP contribution in [-0.4, -0.2) is 56.5 Å². The number of hydrogen-bond donors (Lipinski definition) is 0. The molecule has 0 unspecified atom stereocenters. The van der Waals surface area contributed by atoms with Crippen LogP contribution in [0.5, 0.6) is 0 Å². The Kier molecular flexibility index (Phi) is 6.20. The van der Waals surface area contributed by atoms with Crippen LogP contribution in [0.1, 0.15) is 26.2 Å². The lowest BCUT2D eigenvalue weighted by Gasteiger charge is -2.36. The van der Waals surface area contributed by atoms with Crippen molar-refractivity contribution in [2.45, 2.75) is 37.1 Å². The highest BCUT2D eigenvalue weighted by Crippen LogP contribution is 2.28. The van der Waals surface area contributed by atoms with Crippen molar-refractivity contribution in [1.82, 2.24) is 9.29 Å². The summed E-state index contributed by atoms with van der Waals surface area (Å²) in [7, 11) is -3.49. The molecule has 0 radical (unpaired) electrons. The first kappa shape index (κ1) is 22.4. The van der Waals surface area contributed by atoms with E-state index in [4.69, 9.17) is 16.6 Å². The molecule has 2 saturated heterocycles. The number of piperidine rings is 1. The zero-order chi connectivity index (χ0) is 23.0. The normalized spacial score (nSPS) is 20.4. The number of fused-ring (bicyclic) bond motifs is 1. The van der Waals surface area contributed by atoms with Gasteiger partial charge >= 0.3 is 0 Å². The van der Waals surface area contributed by atoms with Gasteiger partial charge in [-0.05, 0) is 68.3 Å². The van der Waals surface area contributed by atoms with Crippen molar-refractivity contribution < 1.29 is 8.42 Å². The Morgan fingerprint density at radius 3 is 2.45 bits per heavy atom. The second kappa shape index (κ2) is 9.12. The summed E-state index contributed by atoms with van der Waals surface area (Å²) in [6.07, 6.45) is 2.93. The van der Waals surface area contributed by atoms with Gasteiger partial charge in [-0.3, -0.25) is 0 Å². The molecule has 0 amide bonds. The van der Waals surface area contributed by atoms with Gasteiger partial charge in [-0.2, -0.15) is 4.31 Å². The van der Waals surface area contributed by atoms with E-state index < -0.39 is 10.0 Å². The van der Waals surface area contributed by atoms with Gasteiger partial charge in [-0.1, -0.05) is 24.1 Å². The zero-order valence-electron chi connectivity index (χ0n) is 18.8. The molecule has 0 N–H and O–H groups in total. The maximum Gasteiger partial charge on any atom is 0.243 e. The molecule has 1 atom stereocenters. The highest BCUT2D eigenvalue weighted by molar-refractivity contribution is 7.89. The van der Waals surface area contributed by atoms with Crippen LogP contribution in [0.25, 0.3) is 10.9 Å². The number of aromatic nitrogens is 1. The van der Waals surface area contributed by atoms with E-state index in [1.54, 1.807) is 16.4 Å². The molecule has 2 aliphatic heterocycles. The van der Waals surface area contributed by atoms with E-state index in [-0.39, 0.29) is 6.04 Å². The summed E-state index contributed by atoms with van der Waals surface area (Å²) in [5.74, 6) is 0.925. The molecule has 1 aromatic heterocycles. The van der Waals surface area contributed by atoms with Gasteiger partial charge in [0.05, 0.1) is 10.4 Å². The predicted molar refractivity (Wildman–Crippen MR) is 135 cm³/mol. The number of pyridine rings is 1. The number of sulfonamides is 1. The Bertz CT molecular complexity index is 1260. The van der Waals surface area contributed by atoms with Crippen molar-refractivity contribution in [1.29, 1.82) is 0 Å². The maximum absolute atomic E-state index is 13.2. The Labute approximate surface area is 200 Å². The Hall–Kier alpha value is -2.35. The number of nitrogens with zero attached hydrogens (tertiary/aromatic N) is 4. The average Bonchev–Trinajstić information content (AvgIpc) is 2.83. The zero-order valence-corrected chi connectivity index (χ0v) is 20.4. The van der Waals surface area contributed by atoms with Crippen molar-refractivity contribution >= 4 is 44.0 Å². The van der Waals surface area contributed by atoms with E-state index in [1.807, 2.05) is 43.3 Å². The van der Waals surface area contributed by atoms with E-state index in [0.29, 0.717) is 11.4 Å². The average molecular weight is 485 g/mol. The molecule has 0 saturated carbocycles. The summed E-state index contributed by atoms with van der Waals surface area (Å²) in [5.41, 5.74) is 1.96. The molecule has 0 spiro atoms. The number of halogens is 1. The molecule has 3 heterocycles. The standard InChI is InChI=1S/C25H29ClN4O2S/c1-19-5-2-3-12-30(19)33(31,32)23-9-10-24-20(17-23)8-11-25(27-24)29-15-13-28(14-16-29)22-7-4-6-21(26)18-22/h4,6-11,17-19H,2-3,5,12-16H2,1H3/t19-/m1/s1. The summed E-state index contributed by atoms with van der Waals surface area (Å²) in [4.78, 5) is 9.81. The van der Waals surface area contributed by atoms with Crippen LogP contribution in [0.2, 0.25) is 5.02 Å². The molecular formula is C25H29ClN4O2S. The van der Waals surface area contributed by atoms with Crippen LogP contribution in [0.15, 0.2) is 59.5 Å². The van der Waals surface area contributed by atoms with E-state index in [2.05, 4.69) is 15.9 Å². The largest absolute Gasteiger partial charge is 0.368 e. The number of rotatable bonds is 4. The fraction of sp³-hybridized carbons (Fsp3) is 0.400. The van der Waals surface area contributed by atoms with Crippen LogP contribution >= 0.6 is 11.6 Å². The molecule has 8 heteroatoms. The lowest BCUT2D eigenvalue weighted by Crippen LogP contribution is -2.46. The third-order valence-corrected chi connectivity index (χ3v) is 9.02. The first-order valence-electron chi connectivity index (χ1n) is 11.6. The maximum atomic E-state index is 13.2. The van der Waals surface area contributed by atoms with Crippen LogP contribution in [0, 0.1) is 0 Å². The van der Waals surface area contributed by atoms with Crippen molar-refractivity contribution in [3.05, 3.63) is 59.6 Å². The van der Waals surface area contributed by atoms with Crippen molar-refractivity contribution in [2.75, 3.05) is 42.5 Å². The molecule has 2 aromatic carbocycles. The fourth-order valence-corrected chi connectivity index (χ4v) is 6.78. The minimum absolute atomic E-state index is 0.0468. The molecule has 6 nitrogen and oxygen atoms in total. The first-order valence-corrected chi connectivity index (χ1v) is 13.4. The molecule has 3 aromatic rings. The minimum Gasteiger partial charge on any atom is -0.368 e. The Morgan fingerprint density at radius 1 is 0.909 bits per heavy atom. The van der Waals surface area contributed by atoms with Gasteiger partial charge in [0.1, 0.15) is 5.82 Å². The third kappa shape index (κ3) is 4.54. The van der Waals surface area contributed by atoms with E-state index >= 15 is 0 Å². The topological polar surface area (TPSA) is 56.8 Å². The first-order chi connectivity index (χ1) is 15.9. The van der Waals surface area contributed by atoms with Crippen LogP contribution in [0.3, 0.4) is 0 Å². The molecular weight excluding hydrogens is 456 g/mol. The molecule has 2 fully saturated rings. The Balaban J connectivity index is 1.32. The molecule has 174 valence electrons. The van der Waals surface area contributed by atoms with Gasteiger partial charge < -0.3 is 9.80 Å². The number of benzene rings is 2. The highest BCUT2D eigenvalue weighted by atomic mass is 35.5. The molecule has 0 aliphatic carbocycles. The van der Waals surface area contributed by atoms with Gasteiger partial charge in [0.15, 0.2) is 0 Å². The smallest absolute Gasteiger partial charge is 0.243 e. The van der Waals surface area contributed by atoms with Gasteiger partial charge in [0.25, 0.3) is 0 Å². The third-order valence-electron chi connectivity index (χ3n) is 6.77. The number of anilines is 2. The molecule has 33 heavy (non-hydrogen) atoms. The molecule has 2 aliphatic rings. The van der Waals surface area contributed by atoms with Gasteiger partial charge in [-0.25, -0.2) is 13.4 Å². The summed E-state index contributed by atoms with van der Waals surface area (Å²) >= 11 is 6.15. The minimum atomic E-state index is -3.49. The molecule has 0 bridgehead atoms. The lowest BCUT2D eigenvalue weighted by atomic mass is 10.1. The van der Waals surface area contributed by atoms with E-state index in [0.717, 1.165) is 72.9 Å². The number of hydrogen-bond acceptors (Lipinski definition) is 5. The predicted octanol–water partition coefficient (Wildman–Crippen LogP) is 4.78. The lowest BCUT2D eigenvalue weighted by molar-refractivity contribution is 0.268. The summed E-state index contributed by atoms with van der Waals surface area (Å²) in [5, 5.41) is 1.60. The van der Waals surface area contributed by atoms with Crippen molar-refractivity contribution in [3.8, 4) is 0 Å². The van der Waals surface area contributed by atoms with Gasteiger partial charge in [-0.15, -0.1) is 0 Å². The second-order valence-corrected chi connectivity index (χ2v) is 11.3. The van der Waals surface area contributed by atoms with Crippen LogP contribution < -0.4 is 9.80 Å². The molecule has 5 rings (SSSR count). The van der Waals surface area contributed by atoms with Gasteiger partial charge in [0, 0.05) is 54.9 Å². The monoisotopic (exact) mass is 484 g/mol. The fourth-order valence-electron chi connectivity index (χ4n) is 4.86. The second-order valence-electron chi connectivity index (χ2n) is 8.94.